The Morgan fingerprint density at radius 1 is 1.06 bits per heavy atom. The molecular formula is C24H22ClNO4S2. The quantitative estimate of drug-likeness (QED) is 0.254. The normalized spacial score (nSPS) is 12.1. The van der Waals surface area contributed by atoms with Crippen molar-refractivity contribution in [3.8, 4) is 0 Å². The summed E-state index contributed by atoms with van der Waals surface area (Å²) in [5, 5.41) is 1.30. The molecular weight excluding hydrogens is 466 g/mol. The second kappa shape index (κ2) is 11.9. The molecule has 0 aliphatic heterocycles. The van der Waals surface area contributed by atoms with Gasteiger partial charge >= 0.3 is 11.3 Å². The van der Waals surface area contributed by atoms with Crippen molar-refractivity contribution >= 4 is 69.5 Å². The molecule has 1 unspecified atom stereocenters. The first kappa shape index (κ1) is 24.2. The van der Waals surface area contributed by atoms with Crippen LogP contribution < -0.4 is 0 Å². The number of nitrogens with zero attached hydrogens (tertiary/aromatic N) is 1. The predicted molar refractivity (Wildman–Crippen MR) is 134 cm³/mol. The molecule has 0 N–H and O–H groups in total. The van der Waals surface area contributed by atoms with Crippen LogP contribution in [0.25, 0.3) is 23.1 Å². The molecule has 2 aromatic carbocycles. The van der Waals surface area contributed by atoms with Crippen LogP contribution in [0.1, 0.15) is 27.8 Å². The molecule has 1 heterocycles. The highest BCUT2D eigenvalue weighted by atomic mass is 35.5. The summed E-state index contributed by atoms with van der Waals surface area (Å²) in [6.45, 7) is 0. The Kier molecular flexibility index (Phi) is 9.02. The molecule has 0 aliphatic rings. The molecule has 3 aromatic rings. The maximum Gasteiger partial charge on any atom is 0.368 e. The number of esters is 1. The van der Waals surface area contributed by atoms with E-state index in [1.54, 1.807) is 0 Å². The smallest absolute Gasteiger partial charge is 0.368 e. The van der Waals surface area contributed by atoms with E-state index < -0.39 is 0 Å². The molecule has 5 nitrogen and oxygen atoms in total. The summed E-state index contributed by atoms with van der Waals surface area (Å²) in [5.41, 5.74) is 3.58. The van der Waals surface area contributed by atoms with Crippen LogP contribution in [0.4, 0.5) is 4.79 Å². The molecule has 0 saturated heterocycles. The number of carbonyl (C=O) groups excluding carboxylic acids is 2. The topological polar surface area (TPSA) is 65.5 Å². The predicted octanol–water partition coefficient (Wildman–Crippen LogP) is 6.85. The molecule has 8 heteroatoms. The minimum absolute atomic E-state index is 0.207. The van der Waals surface area contributed by atoms with E-state index in [1.807, 2.05) is 66.7 Å². The first-order valence-corrected chi connectivity index (χ1v) is 12.1. The van der Waals surface area contributed by atoms with Crippen LogP contribution in [-0.2, 0) is 14.3 Å². The number of fused-ring (bicyclic) bond motifs is 1. The summed E-state index contributed by atoms with van der Waals surface area (Å²) < 4.78 is 9.30. The zero-order chi connectivity index (χ0) is 22.9. The lowest BCUT2D eigenvalue weighted by molar-refractivity contribution is -0.140. The Morgan fingerprint density at radius 3 is 2.66 bits per heavy atom. The van der Waals surface area contributed by atoms with Crippen molar-refractivity contribution in [2.45, 2.75) is 11.0 Å². The minimum atomic E-state index is -0.375. The average molecular weight is 488 g/mol. The number of thioether (sulfide) groups is 2. The Labute approximate surface area is 200 Å². The van der Waals surface area contributed by atoms with Gasteiger partial charge in [0.2, 0.25) is 0 Å². The van der Waals surface area contributed by atoms with Gasteiger partial charge in [-0.15, -0.1) is 11.8 Å². The van der Waals surface area contributed by atoms with Crippen molar-refractivity contribution < 1.29 is 19.1 Å². The zero-order valence-corrected chi connectivity index (χ0v) is 20.0. The summed E-state index contributed by atoms with van der Waals surface area (Å²) in [6, 6.07) is 17.5. The fourth-order valence-electron chi connectivity index (χ4n) is 2.87. The lowest BCUT2D eigenvalue weighted by Crippen LogP contribution is -2.03. The van der Waals surface area contributed by atoms with E-state index in [4.69, 9.17) is 21.1 Å². The average Bonchev–Trinajstić information content (AvgIpc) is 2.81. The first-order chi connectivity index (χ1) is 15.5. The highest BCUT2D eigenvalue weighted by Crippen LogP contribution is 2.41. The van der Waals surface area contributed by atoms with Gasteiger partial charge in [0.25, 0.3) is 0 Å². The second-order valence-corrected chi connectivity index (χ2v) is 9.67. The number of methoxy groups -OCH3 is 2. The minimum Gasteiger partial charge on any atom is -0.469 e. The number of hydrogen-bond donors (Lipinski definition) is 0. The summed E-state index contributed by atoms with van der Waals surface area (Å²) in [5.74, 6) is 0.255. The highest BCUT2D eigenvalue weighted by molar-refractivity contribution is 8.24. The Bertz CT molecular complexity index is 1140. The number of rotatable bonds is 8. The SMILES string of the molecule is COC(=O)CCSC(SC(=O)OC)c1cccc(C=Cc2ccc3ccc(Cl)cc3n2)c1. The molecule has 3 rings (SSSR count). The first-order valence-electron chi connectivity index (χ1n) is 9.76. The van der Waals surface area contributed by atoms with E-state index >= 15 is 0 Å². The standard InChI is InChI=1S/C24H22ClNO4S2/c1-29-22(27)12-13-31-23(32-24(28)30-2)18-5-3-4-16(14-18)6-10-20-11-8-17-7-9-19(25)15-21(17)26-20/h3-11,14-15,23H,12-13H2,1-2H3. The van der Waals surface area contributed by atoms with Gasteiger partial charge in [-0.2, -0.15) is 0 Å². The molecule has 1 atom stereocenters. The van der Waals surface area contributed by atoms with Crippen LogP contribution in [0, 0.1) is 0 Å². The Hall–Kier alpha value is -2.48. The number of pyridine rings is 1. The van der Waals surface area contributed by atoms with Gasteiger partial charge in [-0.05, 0) is 53.2 Å². The van der Waals surface area contributed by atoms with Crippen molar-refractivity contribution in [3.05, 3.63) is 76.4 Å². The van der Waals surface area contributed by atoms with Crippen LogP contribution >= 0.6 is 35.1 Å². The van der Waals surface area contributed by atoms with E-state index in [2.05, 4.69) is 4.98 Å². The Balaban J connectivity index is 1.77. The lowest BCUT2D eigenvalue weighted by Gasteiger charge is -2.15. The summed E-state index contributed by atoms with van der Waals surface area (Å²) in [6.07, 6.45) is 4.18. The van der Waals surface area contributed by atoms with Crippen LogP contribution in [0.15, 0.2) is 54.6 Å². The van der Waals surface area contributed by atoms with E-state index in [-0.39, 0.29) is 22.3 Å². The van der Waals surface area contributed by atoms with Gasteiger partial charge in [-0.25, -0.2) is 9.78 Å². The lowest BCUT2D eigenvalue weighted by atomic mass is 10.1. The number of halogens is 1. The van der Waals surface area contributed by atoms with Crippen molar-refractivity contribution in [2.75, 3.05) is 20.0 Å². The molecule has 0 fully saturated rings. The van der Waals surface area contributed by atoms with Crippen molar-refractivity contribution in [2.24, 2.45) is 0 Å². The zero-order valence-electron chi connectivity index (χ0n) is 17.6. The van der Waals surface area contributed by atoms with Gasteiger partial charge < -0.3 is 9.47 Å². The van der Waals surface area contributed by atoms with Crippen molar-refractivity contribution in [1.82, 2.24) is 4.98 Å². The number of aromatic nitrogens is 1. The monoisotopic (exact) mass is 487 g/mol. The van der Waals surface area contributed by atoms with E-state index in [0.717, 1.165) is 39.5 Å². The van der Waals surface area contributed by atoms with Crippen molar-refractivity contribution in [1.29, 1.82) is 0 Å². The maximum atomic E-state index is 11.9. The van der Waals surface area contributed by atoms with Crippen LogP contribution in [0.3, 0.4) is 0 Å². The van der Waals surface area contributed by atoms with Gasteiger partial charge in [0.1, 0.15) is 0 Å². The van der Waals surface area contributed by atoms with E-state index in [1.165, 1.54) is 26.0 Å². The number of ether oxygens (including phenoxy) is 2. The molecule has 32 heavy (non-hydrogen) atoms. The van der Waals surface area contributed by atoms with Crippen LogP contribution in [0.5, 0.6) is 0 Å². The van der Waals surface area contributed by atoms with Gasteiger partial charge in [0.05, 0.1) is 36.4 Å². The fraction of sp³-hybridized carbons (Fsp3) is 0.208. The second-order valence-electron chi connectivity index (χ2n) is 6.68. The summed E-state index contributed by atoms with van der Waals surface area (Å²) in [4.78, 5) is 27.9. The fourth-order valence-corrected chi connectivity index (χ4v) is 5.23. The van der Waals surface area contributed by atoms with E-state index in [0.29, 0.717) is 10.8 Å². The summed E-state index contributed by atoms with van der Waals surface area (Å²) in [7, 11) is 2.72. The number of carbonyl (C=O) groups is 2. The van der Waals surface area contributed by atoms with Crippen molar-refractivity contribution in [3.63, 3.8) is 0 Å². The molecule has 0 amide bonds. The highest BCUT2D eigenvalue weighted by Gasteiger charge is 2.19. The third-order valence-electron chi connectivity index (χ3n) is 4.48. The third-order valence-corrected chi connectivity index (χ3v) is 7.27. The van der Waals surface area contributed by atoms with Gasteiger partial charge in [0.15, 0.2) is 0 Å². The molecule has 0 bridgehead atoms. The third kappa shape index (κ3) is 7.02. The molecule has 0 aliphatic carbocycles. The summed E-state index contributed by atoms with van der Waals surface area (Å²) >= 11 is 8.66. The van der Waals surface area contributed by atoms with Gasteiger partial charge in [-0.1, -0.05) is 48.0 Å². The van der Waals surface area contributed by atoms with E-state index in [9.17, 15) is 9.59 Å². The molecule has 0 saturated carbocycles. The largest absolute Gasteiger partial charge is 0.469 e. The Morgan fingerprint density at radius 2 is 1.88 bits per heavy atom. The number of hydrogen-bond acceptors (Lipinski definition) is 7. The molecule has 0 spiro atoms. The molecule has 0 radical (unpaired) electrons. The van der Waals surface area contributed by atoms with Gasteiger partial charge in [-0.3, -0.25) is 4.79 Å². The molecule has 166 valence electrons. The van der Waals surface area contributed by atoms with Crippen LogP contribution in [-0.4, -0.2) is 36.2 Å². The van der Waals surface area contributed by atoms with Gasteiger partial charge in [0, 0.05) is 16.2 Å². The maximum absolute atomic E-state index is 11.9. The van der Waals surface area contributed by atoms with Crippen LogP contribution in [0.2, 0.25) is 5.02 Å². The number of benzene rings is 2. The molecule has 1 aromatic heterocycles.